The number of carbonyl (C=O) groups is 2. The second kappa shape index (κ2) is 8.12. The molecule has 4 unspecified atom stereocenters. The fraction of sp³-hybridized carbons (Fsp3) is 0.867. The fourth-order valence-electron chi connectivity index (χ4n) is 2.83. The monoisotopic (exact) mass is 284 g/mol. The van der Waals surface area contributed by atoms with E-state index in [0.29, 0.717) is 12.3 Å². The van der Waals surface area contributed by atoms with E-state index < -0.39 is 5.97 Å². The molecule has 1 rings (SSSR count). The first-order valence-electron chi connectivity index (χ1n) is 7.72. The molecule has 0 spiro atoms. The van der Waals surface area contributed by atoms with E-state index in [0.717, 1.165) is 32.1 Å². The highest BCUT2D eigenvalue weighted by Crippen LogP contribution is 2.24. The molecule has 1 fully saturated rings. The molecule has 5 heteroatoms. The van der Waals surface area contributed by atoms with Gasteiger partial charge < -0.3 is 15.7 Å². The molecule has 1 aliphatic rings. The first kappa shape index (κ1) is 16.8. The van der Waals surface area contributed by atoms with Gasteiger partial charge in [-0.2, -0.15) is 0 Å². The highest BCUT2D eigenvalue weighted by molar-refractivity contribution is 5.75. The SMILES string of the molecule is CCC(C)CC(C)NC(=O)NC1CCCC(C(=O)O)C1. The van der Waals surface area contributed by atoms with Gasteiger partial charge in [-0.1, -0.05) is 26.7 Å². The summed E-state index contributed by atoms with van der Waals surface area (Å²) in [5.41, 5.74) is 0. The van der Waals surface area contributed by atoms with Crippen molar-refractivity contribution in [3.63, 3.8) is 0 Å². The van der Waals surface area contributed by atoms with Gasteiger partial charge in [-0.05, 0) is 38.5 Å². The molecule has 4 atom stereocenters. The molecule has 0 aliphatic heterocycles. The van der Waals surface area contributed by atoms with E-state index in [1.807, 2.05) is 6.92 Å². The van der Waals surface area contributed by atoms with Crippen molar-refractivity contribution in [2.75, 3.05) is 0 Å². The summed E-state index contributed by atoms with van der Waals surface area (Å²) in [6.07, 6.45) is 5.08. The number of urea groups is 1. The zero-order chi connectivity index (χ0) is 15.1. The number of carboxylic acids is 1. The normalized spacial score (nSPS) is 25.6. The van der Waals surface area contributed by atoms with Gasteiger partial charge in [0.1, 0.15) is 0 Å². The third-order valence-corrected chi connectivity index (χ3v) is 4.19. The molecule has 0 radical (unpaired) electrons. The van der Waals surface area contributed by atoms with Crippen molar-refractivity contribution in [2.24, 2.45) is 11.8 Å². The van der Waals surface area contributed by atoms with E-state index in [1.165, 1.54) is 0 Å². The van der Waals surface area contributed by atoms with Gasteiger partial charge in [-0.15, -0.1) is 0 Å². The Morgan fingerprint density at radius 1 is 1.30 bits per heavy atom. The summed E-state index contributed by atoms with van der Waals surface area (Å²) >= 11 is 0. The van der Waals surface area contributed by atoms with Gasteiger partial charge in [0.05, 0.1) is 5.92 Å². The van der Waals surface area contributed by atoms with Gasteiger partial charge in [-0.25, -0.2) is 4.79 Å². The third kappa shape index (κ3) is 5.80. The number of aliphatic carboxylic acids is 1. The standard InChI is InChI=1S/C15H28N2O3/c1-4-10(2)8-11(3)16-15(20)17-13-7-5-6-12(9-13)14(18)19/h10-13H,4-9H2,1-3H3,(H,18,19)(H2,16,17,20). The van der Waals surface area contributed by atoms with E-state index in [2.05, 4.69) is 24.5 Å². The smallest absolute Gasteiger partial charge is 0.315 e. The molecule has 5 nitrogen and oxygen atoms in total. The Labute approximate surface area is 121 Å². The maximum absolute atomic E-state index is 11.9. The highest BCUT2D eigenvalue weighted by atomic mass is 16.4. The number of hydrogen-bond acceptors (Lipinski definition) is 2. The number of amides is 2. The Hall–Kier alpha value is -1.26. The van der Waals surface area contributed by atoms with Crippen LogP contribution in [0.15, 0.2) is 0 Å². The van der Waals surface area contributed by atoms with Crippen LogP contribution in [0.5, 0.6) is 0 Å². The number of nitrogens with one attached hydrogen (secondary N) is 2. The quantitative estimate of drug-likeness (QED) is 0.701. The van der Waals surface area contributed by atoms with Crippen LogP contribution in [0.25, 0.3) is 0 Å². The molecule has 0 aromatic heterocycles. The molecule has 0 aromatic rings. The zero-order valence-corrected chi connectivity index (χ0v) is 12.8. The number of carbonyl (C=O) groups excluding carboxylic acids is 1. The summed E-state index contributed by atoms with van der Waals surface area (Å²) in [5.74, 6) is -0.468. The summed E-state index contributed by atoms with van der Waals surface area (Å²) in [4.78, 5) is 22.9. The summed E-state index contributed by atoms with van der Waals surface area (Å²) in [6, 6.07) is -0.0405. The Morgan fingerprint density at radius 2 is 2.00 bits per heavy atom. The minimum atomic E-state index is -0.748. The number of rotatable bonds is 6. The summed E-state index contributed by atoms with van der Waals surface area (Å²) in [6.45, 7) is 6.33. The molecular formula is C15H28N2O3. The predicted molar refractivity (Wildman–Crippen MR) is 78.6 cm³/mol. The van der Waals surface area contributed by atoms with Gasteiger partial charge >= 0.3 is 12.0 Å². The van der Waals surface area contributed by atoms with Crippen molar-refractivity contribution in [3.8, 4) is 0 Å². The van der Waals surface area contributed by atoms with E-state index in [-0.39, 0.29) is 24.0 Å². The van der Waals surface area contributed by atoms with E-state index in [1.54, 1.807) is 0 Å². The maximum Gasteiger partial charge on any atom is 0.315 e. The van der Waals surface area contributed by atoms with Crippen LogP contribution in [0.1, 0.15) is 59.3 Å². The van der Waals surface area contributed by atoms with Crippen molar-refractivity contribution in [2.45, 2.75) is 71.4 Å². The van der Waals surface area contributed by atoms with E-state index in [4.69, 9.17) is 5.11 Å². The largest absolute Gasteiger partial charge is 0.481 e. The highest BCUT2D eigenvalue weighted by Gasteiger charge is 2.27. The van der Waals surface area contributed by atoms with Crippen LogP contribution < -0.4 is 10.6 Å². The van der Waals surface area contributed by atoms with Crippen molar-refractivity contribution >= 4 is 12.0 Å². The lowest BCUT2D eigenvalue weighted by Crippen LogP contribution is -2.47. The van der Waals surface area contributed by atoms with Crippen molar-refractivity contribution in [3.05, 3.63) is 0 Å². The molecule has 0 bridgehead atoms. The molecule has 20 heavy (non-hydrogen) atoms. The third-order valence-electron chi connectivity index (χ3n) is 4.19. The Kier molecular flexibility index (Phi) is 6.82. The van der Waals surface area contributed by atoms with Gasteiger partial charge in [0.15, 0.2) is 0 Å². The van der Waals surface area contributed by atoms with Gasteiger partial charge in [0, 0.05) is 12.1 Å². The number of carboxylic acid groups (broad SMARTS) is 1. The number of hydrogen-bond donors (Lipinski definition) is 3. The van der Waals surface area contributed by atoms with Crippen molar-refractivity contribution < 1.29 is 14.7 Å². The van der Waals surface area contributed by atoms with Crippen LogP contribution in [-0.4, -0.2) is 29.2 Å². The van der Waals surface area contributed by atoms with Crippen LogP contribution >= 0.6 is 0 Å². The summed E-state index contributed by atoms with van der Waals surface area (Å²) in [5, 5.41) is 14.9. The Bertz CT molecular complexity index is 333. The van der Waals surface area contributed by atoms with Crippen molar-refractivity contribution in [1.82, 2.24) is 10.6 Å². The first-order valence-corrected chi connectivity index (χ1v) is 7.72. The molecule has 2 amide bonds. The van der Waals surface area contributed by atoms with E-state index >= 15 is 0 Å². The Balaban J connectivity index is 2.32. The van der Waals surface area contributed by atoms with Crippen LogP contribution in [0.4, 0.5) is 4.79 Å². The molecule has 116 valence electrons. The molecule has 1 saturated carbocycles. The van der Waals surface area contributed by atoms with Crippen LogP contribution in [0, 0.1) is 11.8 Å². The van der Waals surface area contributed by atoms with Crippen LogP contribution in [0.3, 0.4) is 0 Å². The maximum atomic E-state index is 11.9. The lowest BCUT2D eigenvalue weighted by molar-refractivity contribution is -0.143. The molecule has 0 heterocycles. The Morgan fingerprint density at radius 3 is 2.60 bits per heavy atom. The van der Waals surface area contributed by atoms with Crippen LogP contribution in [-0.2, 0) is 4.79 Å². The lowest BCUT2D eigenvalue weighted by Gasteiger charge is -2.28. The second-order valence-electron chi connectivity index (χ2n) is 6.17. The lowest BCUT2D eigenvalue weighted by atomic mass is 9.86. The first-order chi connectivity index (χ1) is 9.42. The molecule has 0 saturated heterocycles. The fourth-order valence-corrected chi connectivity index (χ4v) is 2.83. The molecule has 3 N–H and O–H groups in total. The van der Waals surface area contributed by atoms with Gasteiger partial charge in [0.2, 0.25) is 0 Å². The second-order valence-corrected chi connectivity index (χ2v) is 6.17. The minimum Gasteiger partial charge on any atom is -0.481 e. The average molecular weight is 284 g/mol. The van der Waals surface area contributed by atoms with Crippen LogP contribution in [0.2, 0.25) is 0 Å². The minimum absolute atomic E-state index is 0.0133. The summed E-state index contributed by atoms with van der Waals surface area (Å²) in [7, 11) is 0. The zero-order valence-electron chi connectivity index (χ0n) is 12.8. The van der Waals surface area contributed by atoms with Gasteiger partial charge in [0.25, 0.3) is 0 Å². The van der Waals surface area contributed by atoms with E-state index in [9.17, 15) is 9.59 Å². The summed E-state index contributed by atoms with van der Waals surface area (Å²) < 4.78 is 0. The topological polar surface area (TPSA) is 78.4 Å². The molecular weight excluding hydrogens is 256 g/mol. The average Bonchev–Trinajstić information content (AvgIpc) is 2.38. The predicted octanol–water partition coefficient (Wildman–Crippen LogP) is 2.75. The molecule has 0 aromatic carbocycles. The van der Waals surface area contributed by atoms with Crippen molar-refractivity contribution in [1.29, 1.82) is 0 Å². The molecule has 1 aliphatic carbocycles. The van der Waals surface area contributed by atoms with Gasteiger partial charge in [-0.3, -0.25) is 4.79 Å².